The molecule has 6 nitrogen and oxygen atoms in total. The fourth-order valence-electron chi connectivity index (χ4n) is 4.61. The molecule has 2 aromatic heterocycles. The van der Waals surface area contributed by atoms with Crippen molar-refractivity contribution in [3.63, 3.8) is 0 Å². The van der Waals surface area contributed by atoms with Gasteiger partial charge < -0.3 is 24.4 Å². The van der Waals surface area contributed by atoms with Crippen LogP contribution in [-0.4, -0.2) is 40.8 Å². The topological polar surface area (TPSA) is 45.6 Å². The fraction of sp³-hybridized carbons (Fsp3) is 0.214. The number of methoxy groups -OCH3 is 1. The van der Waals surface area contributed by atoms with Crippen LogP contribution in [0.3, 0.4) is 0 Å². The third-order valence-electron chi connectivity index (χ3n) is 6.44. The minimum Gasteiger partial charge on any atom is -0.497 e. The first-order valence-corrected chi connectivity index (χ1v) is 12.0. The van der Waals surface area contributed by atoms with Crippen LogP contribution >= 0.6 is 12.2 Å². The molecule has 1 saturated heterocycles. The third-order valence-corrected chi connectivity index (χ3v) is 6.79. The Bertz CT molecular complexity index is 1290. The lowest BCUT2D eigenvalue weighted by atomic mass is 10.0. The van der Waals surface area contributed by atoms with Gasteiger partial charge in [0.1, 0.15) is 5.75 Å². The monoisotopic (exact) mass is 483 g/mol. The molecule has 0 amide bonds. The molecular weight excluding hydrogens is 454 g/mol. The number of benzene rings is 2. The first kappa shape index (κ1) is 22.9. The molecule has 35 heavy (non-hydrogen) atoms. The van der Waals surface area contributed by atoms with Gasteiger partial charge in [0.15, 0.2) is 5.11 Å². The number of thiocarbonyl (C=S) groups is 1. The Kier molecular flexibility index (Phi) is 6.42. The van der Waals surface area contributed by atoms with Crippen LogP contribution < -0.4 is 15.0 Å². The van der Waals surface area contributed by atoms with Gasteiger partial charge in [-0.15, -0.1) is 0 Å². The zero-order valence-corrected chi connectivity index (χ0v) is 20.9. The maximum atomic E-state index is 5.87. The summed E-state index contributed by atoms with van der Waals surface area (Å²) in [6.07, 6.45) is 3.95. The molecule has 0 saturated carbocycles. The van der Waals surface area contributed by atoms with Crippen LogP contribution in [0, 0.1) is 0 Å². The lowest BCUT2D eigenvalue weighted by molar-refractivity contribution is 0.302. The Morgan fingerprint density at radius 2 is 1.74 bits per heavy atom. The molecule has 0 spiro atoms. The van der Waals surface area contributed by atoms with E-state index in [0.717, 1.165) is 33.5 Å². The molecule has 2 aromatic carbocycles. The van der Waals surface area contributed by atoms with Gasteiger partial charge in [0.2, 0.25) is 0 Å². The predicted molar refractivity (Wildman–Crippen MR) is 144 cm³/mol. The first-order chi connectivity index (χ1) is 17.0. The highest BCUT2D eigenvalue weighted by Crippen LogP contribution is 2.40. The summed E-state index contributed by atoms with van der Waals surface area (Å²) >= 11 is 5.87. The van der Waals surface area contributed by atoms with Crippen LogP contribution in [0.2, 0.25) is 0 Å². The summed E-state index contributed by atoms with van der Waals surface area (Å²) in [6, 6.07) is 26.9. The number of nitrogens with zero attached hydrogens (tertiary/aromatic N) is 4. The van der Waals surface area contributed by atoms with E-state index in [1.54, 1.807) is 7.11 Å². The number of pyridine rings is 1. The van der Waals surface area contributed by atoms with Crippen LogP contribution in [0.15, 0.2) is 91.3 Å². The average molecular weight is 484 g/mol. The van der Waals surface area contributed by atoms with Gasteiger partial charge in [0.05, 0.1) is 24.9 Å². The van der Waals surface area contributed by atoms with Crippen LogP contribution in [-0.2, 0) is 6.54 Å². The zero-order chi connectivity index (χ0) is 24.4. The molecule has 5 rings (SSSR count). The van der Waals surface area contributed by atoms with Crippen molar-refractivity contribution in [2.75, 3.05) is 26.1 Å². The van der Waals surface area contributed by atoms with E-state index < -0.39 is 0 Å². The first-order valence-electron chi connectivity index (χ1n) is 11.6. The van der Waals surface area contributed by atoms with Crippen molar-refractivity contribution >= 4 is 23.0 Å². The Hall–Kier alpha value is -3.84. The summed E-state index contributed by atoms with van der Waals surface area (Å²) in [5.41, 5.74) is 5.55. The number of anilines is 1. The summed E-state index contributed by atoms with van der Waals surface area (Å²) < 4.78 is 7.58. The Morgan fingerprint density at radius 1 is 0.971 bits per heavy atom. The van der Waals surface area contributed by atoms with E-state index in [9.17, 15) is 0 Å². The van der Waals surface area contributed by atoms with E-state index in [2.05, 4.69) is 99.6 Å². The van der Waals surface area contributed by atoms with Crippen molar-refractivity contribution in [2.24, 2.45) is 0 Å². The molecule has 3 heterocycles. The Balaban J connectivity index is 1.55. The Labute approximate surface area is 211 Å². The maximum absolute atomic E-state index is 5.87. The molecule has 2 atom stereocenters. The molecule has 1 aliphatic heterocycles. The second-order valence-electron chi connectivity index (χ2n) is 8.82. The second kappa shape index (κ2) is 9.80. The van der Waals surface area contributed by atoms with E-state index in [0.29, 0.717) is 6.54 Å². The molecular formula is C28H29N5OS. The van der Waals surface area contributed by atoms with Crippen molar-refractivity contribution in [2.45, 2.75) is 18.6 Å². The number of aromatic nitrogens is 2. The standard InChI is InChI=1S/C28H29N5OS/c1-31(2)21-11-13-22(14-12-21)32-18-6-8-25(32)27-26(24-7-4-5-17-29-24)30-28(35)33(27)19-20-9-15-23(34-3)16-10-20/h4-18,26-27H,19H2,1-3H3,(H,30,35)/t26-,27-/m0/s1. The number of hydrogen-bond donors (Lipinski definition) is 1. The SMILES string of the molecule is COc1ccc(CN2C(=S)N[C@@H](c3ccccn3)[C@@H]2c2cccn2-c2ccc(N(C)C)cc2)cc1. The predicted octanol–water partition coefficient (Wildman–Crippen LogP) is 5.12. The molecule has 1 N–H and O–H groups in total. The van der Waals surface area contributed by atoms with E-state index in [1.165, 1.54) is 5.69 Å². The van der Waals surface area contributed by atoms with Crippen molar-refractivity contribution in [1.82, 2.24) is 19.8 Å². The van der Waals surface area contributed by atoms with Crippen LogP contribution in [0.4, 0.5) is 5.69 Å². The lowest BCUT2D eigenvalue weighted by Gasteiger charge is -2.29. The van der Waals surface area contributed by atoms with E-state index in [1.807, 2.05) is 30.5 Å². The minimum absolute atomic E-state index is 0.0389. The van der Waals surface area contributed by atoms with Gasteiger partial charge >= 0.3 is 0 Å². The summed E-state index contributed by atoms with van der Waals surface area (Å²) in [7, 11) is 5.78. The summed E-state index contributed by atoms with van der Waals surface area (Å²) in [6.45, 7) is 0.675. The van der Waals surface area contributed by atoms with Crippen LogP contribution in [0.5, 0.6) is 5.75 Å². The van der Waals surface area contributed by atoms with Gasteiger partial charge in [-0.05, 0) is 78.4 Å². The fourth-order valence-corrected chi connectivity index (χ4v) is 4.91. The molecule has 0 radical (unpaired) electrons. The van der Waals surface area contributed by atoms with E-state index in [-0.39, 0.29) is 12.1 Å². The van der Waals surface area contributed by atoms with Crippen molar-refractivity contribution in [1.29, 1.82) is 0 Å². The summed E-state index contributed by atoms with van der Waals surface area (Å²) in [5.74, 6) is 0.842. The highest BCUT2D eigenvalue weighted by molar-refractivity contribution is 7.80. The lowest BCUT2D eigenvalue weighted by Crippen LogP contribution is -2.30. The van der Waals surface area contributed by atoms with Gasteiger partial charge in [-0.3, -0.25) is 4.98 Å². The third kappa shape index (κ3) is 4.59. The number of rotatable bonds is 7. The van der Waals surface area contributed by atoms with Gasteiger partial charge in [-0.2, -0.15) is 0 Å². The molecule has 7 heteroatoms. The normalized spacial score (nSPS) is 17.3. The second-order valence-corrected chi connectivity index (χ2v) is 9.20. The highest BCUT2D eigenvalue weighted by atomic mass is 32.1. The number of hydrogen-bond acceptors (Lipinski definition) is 4. The van der Waals surface area contributed by atoms with Gasteiger partial charge in [-0.25, -0.2) is 0 Å². The van der Waals surface area contributed by atoms with E-state index >= 15 is 0 Å². The Morgan fingerprint density at radius 3 is 2.40 bits per heavy atom. The van der Waals surface area contributed by atoms with Gasteiger partial charge in [0, 0.05) is 50.1 Å². The van der Waals surface area contributed by atoms with Crippen molar-refractivity contribution in [3.8, 4) is 11.4 Å². The minimum atomic E-state index is -0.0725. The van der Waals surface area contributed by atoms with Crippen molar-refractivity contribution in [3.05, 3.63) is 108 Å². The largest absolute Gasteiger partial charge is 0.497 e. The maximum Gasteiger partial charge on any atom is 0.170 e. The molecule has 0 aliphatic carbocycles. The number of ether oxygens (including phenoxy) is 1. The summed E-state index contributed by atoms with van der Waals surface area (Å²) in [4.78, 5) is 9.04. The highest BCUT2D eigenvalue weighted by Gasteiger charge is 2.41. The molecule has 1 fully saturated rings. The summed E-state index contributed by atoms with van der Waals surface area (Å²) in [5, 5.41) is 4.27. The van der Waals surface area contributed by atoms with Crippen LogP contribution in [0.1, 0.15) is 29.0 Å². The molecule has 178 valence electrons. The zero-order valence-electron chi connectivity index (χ0n) is 20.1. The van der Waals surface area contributed by atoms with E-state index in [4.69, 9.17) is 17.0 Å². The molecule has 0 unspecified atom stereocenters. The quantitative estimate of drug-likeness (QED) is 0.368. The molecule has 0 bridgehead atoms. The van der Waals surface area contributed by atoms with Gasteiger partial charge in [-0.1, -0.05) is 18.2 Å². The smallest absolute Gasteiger partial charge is 0.170 e. The number of nitrogens with one attached hydrogen (secondary N) is 1. The van der Waals surface area contributed by atoms with Crippen LogP contribution in [0.25, 0.3) is 5.69 Å². The van der Waals surface area contributed by atoms with Gasteiger partial charge in [0.25, 0.3) is 0 Å². The molecule has 1 aliphatic rings. The molecule has 4 aromatic rings. The average Bonchev–Trinajstić information content (AvgIpc) is 3.49. The van der Waals surface area contributed by atoms with Crippen molar-refractivity contribution < 1.29 is 4.74 Å².